The van der Waals surface area contributed by atoms with E-state index < -0.39 is 16.6 Å². The smallest absolute Gasteiger partial charge is 0.270 e. The predicted octanol–water partition coefficient (Wildman–Crippen LogP) is 5.11. The molecule has 0 radical (unpaired) electrons. The quantitative estimate of drug-likeness (QED) is 0.247. The Morgan fingerprint density at radius 2 is 1.53 bits per heavy atom. The maximum atomic E-state index is 13.5. The number of nitro groups is 1. The Hall–Kier alpha value is -3.98. The molecule has 0 bridgehead atoms. The number of hydrogen-bond donors (Lipinski definition) is 0. The number of carbonyl (C=O) groups is 2. The summed E-state index contributed by atoms with van der Waals surface area (Å²) < 4.78 is 26.7. The lowest BCUT2D eigenvalue weighted by molar-refractivity contribution is -0.384. The first kappa shape index (κ1) is 25.1. The second-order valence-electron chi connectivity index (χ2n) is 8.73. The van der Waals surface area contributed by atoms with E-state index in [4.69, 9.17) is 0 Å². The van der Waals surface area contributed by atoms with Gasteiger partial charge in [-0.25, -0.2) is 8.78 Å². The van der Waals surface area contributed by atoms with Gasteiger partial charge in [0.15, 0.2) is 5.78 Å². The summed E-state index contributed by atoms with van der Waals surface area (Å²) >= 11 is 0. The third-order valence-corrected chi connectivity index (χ3v) is 6.41. The number of benzene rings is 3. The molecule has 186 valence electrons. The fourth-order valence-electron chi connectivity index (χ4n) is 4.39. The van der Waals surface area contributed by atoms with Crippen LogP contribution >= 0.6 is 0 Å². The number of anilines is 1. The van der Waals surface area contributed by atoms with Gasteiger partial charge in [-0.2, -0.15) is 0 Å². The number of non-ortho nitro benzene ring substituents is 1. The number of halogens is 2. The molecule has 0 unspecified atom stereocenters. The Balaban J connectivity index is 1.42. The first-order valence-corrected chi connectivity index (χ1v) is 11.7. The van der Waals surface area contributed by atoms with Crippen LogP contribution in [0, 0.1) is 27.7 Å². The monoisotopic (exact) mass is 493 g/mol. The maximum absolute atomic E-state index is 13.5. The van der Waals surface area contributed by atoms with Crippen LogP contribution in [-0.2, 0) is 0 Å². The first-order chi connectivity index (χ1) is 17.3. The molecule has 3 aromatic rings. The van der Waals surface area contributed by atoms with Gasteiger partial charge in [-0.05, 0) is 80.5 Å². The number of carbonyl (C=O) groups excluding carboxylic acids is 2. The lowest BCUT2D eigenvalue weighted by atomic mass is 9.89. The molecule has 0 aliphatic carbocycles. The van der Waals surface area contributed by atoms with Crippen molar-refractivity contribution in [3.05, 3.63) is 106 Å². The Kier molecular flexibility index (Phi) is 7.80. The summed E-state index contributed by atoms with van der Waals surface area (Å²) in [6, 6.07) is 16.6. The number of amides is 1. The van der Waals surface area contributed by atoms with Crippen molar-refractivity contribution in [2.45, 2.75) is 12.8 Å². The van der Waals surface area contributed by atoms with Crippen molar-refractivity contribution in [3.8, 4) is 0 Å². The van der Waals surface area contributed by atoms with Crippen LogP contribution in [0.15, 0.2) is 72.8 Å². The van der Waals surface area contributed by atoms with E-state index >= 15 is 0 Å². The van der Waals surface area contributed by atoms with Crippen LogP contribution in [0.1, 0.15) is 33.6 Å². The summed E-state index contributed by atoms with van der Waals surface area (Å²) in [6.07, 6.45) is 1.29. The normalized spacial score (nSPS) is 14.4. The second-order valence-corrected chi connectivity index (χ2v) is 8.73. The zero-order chi connectivity index (χ0) is 25.7. The third-order valence-electron chi connectivity index (χ3n) is 6.41. The summed E-state index contributed by atoms with van der Waals surface area (Å²) in [4.78, 5) is 40.3. The van der Waals surface area contributed by atoms with Crippen molar-refractivity contribution < 1.29 is 23.3 Å². The van der Waals surface area contributed by atoms with E-state index in [1.807, 2.05) is 0 Å². The van der Waals surface area contributed by atoms with E-state index in [0.29, 0.717) is 43.7 Å². The fraction of sp³-hybridized carbons (Fsp3) is 0.259. The third kappa shape index (κ3) is 5.98. The van der Waals surface area contributed by atoms with Crippen molar-refractivity contribution in [2.24, 2.45) is 5.92 Å². The van der Waals surface area contributed by atoms with Gasteiger partial charge in [-0.3, -0.25) is 19.7 Å². The molecule has 1 saturated heterocycles. The maximum Gasteiger partial charge on any atom is 0.270 e. The lowest BCUT2D eigenvalue weighted by Gasteiger charge is -2.33. The van der Waals surface area contributed by atoms with Gasteiger partial charge in [-0.1, -0.05) is 6.07 Å². The van der Waals surface area contributed by atoms with Crippen molar-refractivity contribution >= 4 is 23.1 Å². The van der Waals surface area contributed by atoms with E-state index in [1.165, 1.54) is 77.7 Å². The number of ketones is 1. The summed E-state index contributed by atoms with van der Waals surface area (Å²) in [5, 5.41) is 11.2. The highest BCUT2D eigenvalue weighted by Gasteiger charge is 2.27. The van der Waals surface area contributed by atoms with Gasteiger partial charge in [0.2, 0.25) is 0 Å². The molecule has 0 saturated carbocycles. The van der Waals surface area contributed by atoms with E-state index in [2.05, 4.69) is 4.90 Å². The number of hydrogen-bond acceptors (Lipinski definition) is 5. The minimum atomic E-state index is -0.559. The number of Topliss-reactive ketones (excluding diaryl/α,β-unsaturated/α-hetero) is 1. The second kappa shape index (κ2) is 11.2. The molecular weight excluding hydrogens is 468 g/mol. The van der Waals surface area contributed by atoms with Crippen molar-refractivity contribution in [3.63, 3.8) is 0 Å². The highest BCUT2D eigenvalue weighted by Crippen LogP contribution is 2.24. The SMILES string of the molecule is O=C(c1ccc(F)cc1)C1CCN(CCN(C(=O)c2cccc([N+](=O)[O-])c2)c2ccc(F)cc2)CC1. The molecule has 9 heteroatoms. The zero-order valence-electron chi connectivity index (χ0n) is 19.5. The molecule has 0 N–H and O–H groups in total. The van der Waals surface area contributed by atoms with Gasteiger partial charge in [0.05, 0.1) is 4.92 Å². The van der Waals surface area contributed by atoms with E-state index in [0.717, 1.165) is 0 Å². The van der Waals surface area contributed by atoms with E-state index in [9.17, 15) is 28.5 Å². The van der Waals surface area contributed by atoms with Crippen LogP contribution in [-0.4, -0.2) is 47.7 Å². The summed E-state index contributed by atoms with van der Waals surface area (Å²) in [6.45, 7) is 2.10. The molecule has 1 aliphatic heterocycles. The minimum absolute atomic E-state index is 0.00318. The summed E-state index contributed by atoms with van der Waals surface area (Å²) in [5.41, 5.74) is 0.957. The molecule has 4 rings (SSSR count). The molecule has 1 amide bonds. The van der Waals surface area contributed by atoms with Crippen LogP contribution in [0.4, 0.5) is 20.2 Å². The molecule has 3 aromatic carbocycles. The molecule has 7 nitrogen and oxygen atoms in total. The molecule has 1 aliphatic rings. The number of nitrogens with zero attached hydrogens (tertiary/aromatic N) is 3. The molecule has 1 heterocycles. The van der Waals surface area contributed by atoms with Gasteiger partial charge >= 0.3 is 0 Å². The number of nitro benzene ring substituents is 1. The Labute approximate surface area is 207 Å². The molecule has 0 atom stereocenters. The number of rotatable bonds is 8. The molecule has 0 spiro atoms. The number of likely N-dealkylation sites (tertiary alicyclic amines) is 1. The number of piperidine rings is 1. The zero-order valence-corrected chi connectivity index (χ0v) is 19.5. The average molecular weight is 494 g/mol. The highest BCUT2D eigenvalue weighted by atomic mass is 19.1. The van der Waals surface area contributed by atoms with Gasteiger partial charge in [-0.15, -0.1) is 0 Å². The van der Waals surface area contributed by atoms with E-state index in [1.54, 1.807) is 0 Å². The average Bonchev–Trinajstić information content (AvgIpc) is 2.90. The highest BCUT2D eigenvalue weighted by molar-refractivity contribution is 6.06. The van der Waals surface area contributed by atoms with Crippen molar-refractivity contribution in [2.75, 3.05) is 31.1 Å². The van der Waals surface area contributed by atoms with Crippen molar-refractivity contribution in [1.29, 1.82) is 0 Å². The van der Waals surface area contributed by atoms with Crippen molar-refractivity contribution in [1.82, 2.24) is 4.90 Å². The molecule has 1 fully saturated rings. The minimum Gasteiger partial charge on any atom is -0.307 e. The van der Waals surface area contributed by atoms with E-state index in [-0.39, 0.29) is 35.3 Å². The largest absolute Gasteiger partial charge is 0.307 e. The predicted molar refractivity (Wildman–Crippen MR) is 131 cm³/mol. The van der Waals surface area contributed by atoms with Crippen LogP contribution in [0.5, 0.6) is 0 Å². The summed E-state index contributed by atoms with van der Waals surface area (Å²) in [7, 11) is 0. The molecule has 36 heavy (non-hydrogen) atoms. The summed E-state index contributed by atoms with van der Waals surface area (Å²) in [5.74, 6) is -1.39. The van der Waals surface area contributed by atoms with Gasteiger partial charge < -0.3 is 9.80 Å². The molecule has 0 aromatic heterocycles. The van der Waals surface area contributed by atoms with Crippen LogP contribution in [0.25, 0.3) is 0 Å². The van der Waals surface area contributed by atoms with Crippen LogP contribution < -0.4 is 4.90 Å². The Morgan fingerprint density at radius 1 is 0.917 bits per heavy atom. The standard InChI is InChI=1S/C27H25F2N3O4/c28-22-6-4-19(5-7-22)26(33)20-12-14-30(15-13-20)16-17-31(24-10-8-23(29)9-11-24)27(34)21-2-1-3-25(18-21)32(35)36/h1-11,18,20H,12-17H2. The Bertz CT molecular complexity index is 1240. The van der Waals surface area contributed by atoms with Crippen LogP contribution in [0.2, 0.25) is 0 Å². The fourth-order valence-corrected chi connectivity index (χ4v) is 4.39. The van der Waals surface area contributed by atoms with Gasteiger partial charge in [0.1, 0.15) is 11.6 Å². The first-order valence-electron chi connectivity index (χ1n) is 11.7. The lowest BCUT2D eigenvalue weighted by Crippen LogP contribution is -2.42. The van der Waals surface area contributed by atoms with Crippen LogP contribution in [0.3, 0.4) is 0 Å². The van der Waals surface area contributed by atoms with Gasteiger partial charge in [0, 0.05) is 48.0 Å². The van der Waals surface area contributed by atoms with Gasteiger partial charge in [0.25, 0.3) is 11.6 Å². The topological polar surface area (TPSA) is 83.8 Å². The molecular formula is C27H25F2N3O4. The Morgan fingerprint density at radius 3 is 2.14 bits per heavy atom.